The Morgan fingerprint density at radius 3 is 1.87 bits per heavy atom. The van der Waals surface area contributed by atoms with E-state index in [2.05, 4.69) is 13.8 Å². The van der Waals surface area contributed by atoms with Crippen LogP contribution < -0.4 is 0 Å². The monoisotopic (exact) mass is 208 g/mol. The molecule has 0 fully saturated rings. The van der Waals surface area contributed by atoms with Gasteiger partial charge in [-0.15, -0.1) is 0 Å². The van der Waals surface area contributed by atoms with Crippen molar-refractivity contribution >= 4 is 0 Å². The van der Waals surface area contributed by atoms with Crippen molar-refractivity contribution in [2.75, 3.05) is 0 Å². The van der Waals surface area contributed by atoms with Gasteiger partial charge in [0.05, 0.1) is 6.61 Å². The van der Waals surface area contributed by atoms with Crippen LogP contribution in [0.3, 0.4) is 0 Å². The van der Waals surface area contributed by atoms with Crippen LogP contribution in [0, 0.1) is 6.92 Å². The number of hydrogen-bond donors (Lipinski definition) is 1. The Morgan fingerprint density at radius 1 is 1.00 bits per heavy atom. The van der Waals surface area contributed by atoms with Crippen LogP contribution in [0.15, 0.2) is 24.3 Å². The van der Waals surface area contributed by atoms with Gasteiger partial charge in [-0.05, 0) is 18.1 Å². The first-order valence-corrected chi connectivity index (χ1v) is 5.91. The zero-order chi connectivity index (χ0) is 11.5. The fourth-order valence-electron chi connectivity index (χ4n) is 1.29. The summed E-state index contributed by atoms with van der Waals surface area (Å²) in [7, 11) is 0. The van der Waals surface area contributed by atoms with Gasteiger partial charge in [0.2, 0.25) is 0 Å². The molecular formula is C14H24O. The lowest BCUT2D eigenvalue weighted by Gasteiger charge is -1.97. The van der Waals surface area contributed by atoms with Crippen LogP contribution in [0.25, 0.3) is 0 Å². The summed E-state index contributed by atoms with van der Waals surface area (Å²) in [5, 5.41) is 8.72. The maximum absolute atomic E-state index is 8.72. The van der Waals surface area contributed by atoms with Crippen molar-refractivity contribution in [1.82, 2.24) is 0 Å². The topological polar surface area (TPSA) is 20.2 Å². The SMILES string of the molecule is CCCCCC.Cc1ccccc1CO. The zero-order valence-corrected chi connectivity index (χ0v) is 10.3. The van der Waals surface area contributed by atoms with Crippen molar-refractivity contribution in [2.45, 2.75) is 53.1 Å². The number of aliphatic hydroxyl groups excluding tert-OH is 1. The van der Waals surface area contributed by atoms with Crippen LogP contribution in [0.5, 0.6) is 0 Å². The van der Waals surface area contributed by atoms with Gasteiger partial charge in [-0.2, -0.15) is 0 Å². The molecule has 1 nitrogen and oxygen atoms in total. The molecule has 0 unspecified atom stereocenters. The lowest BCUT2D eigenvalue weighted by molar-refractivity contribution is 0.281. The normalized spacial score (nSPS) is 9.33. The largest absolute Gasteiger partial charge is 0.392 e. The van der Waals surface area contributed by atoms with E-state index in [-0.39, 0.29) is 6.61 Å². The number of aryl methyl sites for hydroxylation is 1. The lowest BCUT2D eigenvalue weighted by Crippen LogP contribution is -1.85. The predicted molar refractivity (Wildman–Crippen MR) is 66.9 cm³/mol. The van der Waals surface area contributed by atoms with E-state index in [4.69, 9.17) is 5.11 Å². The van der Waals surface area contributed by atoms with E-state index >= 15 is 0 Å². The van der Waals surface area contributed by atoms with E-state index in [1.54, 1.807) is 0 Å². The molecule has 0 bridgehead atoms. The Labute approximate surface area is 94.2 Å². The number of aliphatic hydroxyl groups is 1. The third-order valence-corrected chi connectivity index (χ3v) is 2.39. The predicted octanol–water partition coefficient (Wildman–Crippen LogP) is 4.07. The zero-order valence-electron chi connectivity index (χ0n) is 10.3. The molecular weight excluding hydrogens is 184 g/mol. The maximum Gasteiger partial charge on any atom is 0.0684 e. The molecule has 0 amide bonds. The maximum atomic E-state index is 8.72. The van der Waals surface area contributed by atoms with E-state index in [1.807, 2.05) is 31.2 Å². The van der Waals surface area contributed by atoms with Crippen LogP contribution in [-0.4, -0.2) is 5.11 Å². The molecule has 1 aromatic carbocycles. The van der Waals surface area contributed by atoms with Gasteiger partial charge >= 0.3 is 0 Å². The molecule has 86 valence electrons. The van der Waals surface area contributed by atoms with Gasteiger partial charge in [-0.3, -0.25) is 0 Å². The van der Waals surface area contributed by atoms with Gasteiger partial charge in [0.1, 0.15) is 0 Å². The van der Waals surface area contributed by atoms with E-state index in [9.17, 15) is 0 Å². The molecule has 0 aromatic heterocycles. The first-order valence-electron chi connectivity index (χ1n) is 5.91. The van der Waals surface area contributed by atoms with E-state index in [1.165, 1.54) is 25.7 Å². The Morgan fingerprint density at radius 2 is 1.53 bits per heavy atom. The Hall–Kier alpha value is -0.820. The van der Waals surface area contributed by atoms with E-state index < -0.39 is 0 Å². The Kier molecular flexibility index (Phi) is 9.19. The summed E-state index contributed by atoms with van der Waals surface area (Å²) >= 11 is 0. The van der Waals surface area contributed by atoms with Crippen molar-refractivity contribution in [3.05, 3.63) is 35.4 Å². The standard InChI is InChI=1S/C8H10O.C6H14/c1-7-4-2-3-5-8(7)6-9;1-3-5-6-4-2/h2-5,9H,6H2,1H3;3-6H2,1-2H3. The second kappa shape index (κ2) is 9.72. The minimum Gasteiger partial charge on any atom is -0.392 e. The number of hydrogen-bond acceptors (Lipinski definition) is 1. The van der Waals surface area contributed by atoms with Gasteiger partial charge in [-0.25, -0.2) is 0 Å². The molecule has 1 N–H and O–H groups in total. The summed E-state index contributed by atoms with van der Waals surface area (Å²) in [5.74, 6) is 0. The first-order chi connectivity index (χ1) is 7.26. The number of benzene rings is 1. The highest BCUT2D eigenvalue weighted by atomic mass is 16.3. The fraction of sp³-hybridized carbons (Fsp3) is 0.571. The third kappa shape index (κ3) is 7.15. The Balaban J connectivity index is 0.000000288. The van der Waals surface area contributed by atoms with Crippen LogP contribution in [0.1, 0.15) is 50.7 Å². The molecule has 0 aliphatic carbocycles. The first kappa shape index (κ1) is 14.2. The van der Waals surface area contributed by atoms with E-state index in [0.717, 1.165) is 11.1 Å². The highest BCUT2D eigenvalue weighted by molar-refractivity contribution is 5.24. The summed E-state index contributed by atoms with van der Waals surface area (Å²) < 4.78 is 0. The van der Waals surface area contributed by atoms with Gasteiger partial charge in [0.15, 0.2) is 0 Å². The molecule has 0 atom stereocenters. The highest BCUT2D eigenvalue weighted by Crippen LogP contribution is 2.05. The molecule has 0 saturated carbocycles. The molecule has 1 heteroatoms. The molecule has 0 saturated heterocycles. The quantitative estimate of drug-likeness (QED) is 0.739. The van der Waals surface area contributed by atoms with Gasteiger partial charge in [0, 0.05) is 0 Å². The van der Waals surface area contributed by atoms with Crippen molar-refractivity contribution < 1.29 is 5.11 Å². The van der Waals surface area contributed by atoms with E-state index in [0.29, 0.717) is 0 Å². The van der Waals surface area contributed by atoms with Crippen LogP contribution in [0.4, 0.5) is 0 Å². The summed E-state index contributed by atoms with van der Waals surface area (Å²) in [4.78, 5) is 0. The minimum atomic E-state index is 0.146. The Bertz CT molecular complexity index is 239. The minimum absolute atomic E-state index is 0.146. The summed E-state index contributed by atoms with van der Waals surface area (Å²) in [6.07, 6.45) is 5.54. The lowest BCUT2D eigenvalue weighted by atomic mass is 10.1. The molecule has 0 heterocycles. The summed E-state index contributed by atoms with van der Waals surface area (Å²) in [6.45, 7) is 6.60. The molecule has 1 aromatic rings. The highest BCUT2D eigenvalue weighted by Gasteiger charge is 1.90. The van der Waals surface area contributed by atoms with Crippen molar-refractivity contribution in [2.24, 2.45) is 0 Å². The molecule has 0 aliphatic rings. The molecule has 0 radical (unpaired) electrons. The number of unbranched alkanes of at least 4 members (excludes halogenated alkanes) is 3. The number of rotatable bonds is 4. The molecule has 0 spiro atoms. The second-order valence-electron chi connectivity index (χ2n) is 3.79. The van der Waals surface area contributed by atoms with Gasteiger partial charge in [0.25, 0.3) is 0 Å². The summed E-state index contributed by atoms with van der Waals surface area (Å²) in [5.41, 5.74) is 2.16. The van der Waals surface area contributed by atoms with Gasteiger partial charge < -0.3 is 5.11 Å². The average Bonchev–Trinajstić information content (AvgIpc) is 2.28. The van der Waals surface area contributed by atoms with Crippen LogP contribution in [-0.2, 0) is 6.61 Å². The van der Waals surface area contributed by atoms with Gasteiger partial charge in [-0.1, -0.05) is 63.8 Å². The van der Waals surface area contributed by atoms with Crippen molar-refractivity contribution in [1.29, 1.82) is 0 Å². The van der Waals surface area contributed by atoms with Crippen LogP contribution in [0.2, 0.25) is 0 Å². The van der Waals surface area contributed by atoms with Crippen LogP contribution >= 0.6 is 0 Å². The third-order valence-electron chi connectivity index (χ3n) is 2.39. The molecule has 1 rings (SSSR count). The fourth-order valence-corrected chi connectivity index (χ4v) is 1.29. The smallest absolute Gasteiger partial charge is 0.0684 e. The van der Waals surface area contributed by atoms with Crippen molar-refractivity contribution in [3.8, 4) is 0 Å². The summed E-state index contributed by atoms with van der Waals surface area (Å²) in [6, 6.07) is 7.81. The molecule has 15 heavy (non-hydrogen) atoms. The van der Waals surface area contributed by atoms with Crippen molar-refractivity contribution in [3.63, 3.8) is 0 Å². The second-order valence-corrected chi connectivity index (χ2v) is 3.79. The molecule has 0 aliphatic heterocycles. The average molecular weight is 208 g/mol.